The van der Waals surface area contributed by atoms with Gasteiger partial charge in [0.15, 0.2) is 0 Å². The van der Waals surface area contributed by atoms with Crippen LogP contribution in [0.1, 0.15) is 40.0 Å². The molecule has 0 radical (unpaired) electrons. The summed E-state index contributed by atoms with van der Waals surface area (Å²) >= 11 is 0. The van der Waals surface area contributed by atoms with E-state index in [9.17, 15) is 0 Å². The fourth-order valence-electron chi connectivity index (χ4n) is 1.71. The minimum Gasteiger partial charge on any atom is -0.313 e. The molecule has 1 fully saturated rings. The highest BCUT2D eigenvalue weighted by molar-refractivity contribution is 4.74. The molecule has 2 nitrogen and oxygen atoms in total. The second-order valence-electron chi connectivity index (χ2n) is 4.78. The SMILES string of the molecule is CCN(CCNC(C)C)CCC1CC1. The third-order valence-corrected chi connectivity index (χ3v) is 2.98. The fraction of sp³-hybridized carbons (Fsp3) is 1.00. The molecule has 0 bridgehead atoms. The molecule has 0 spiro atoms. The first-order valence-corrected chi connectivity index (χ1v) is 6.18. The van der Waals surface area contributed by atoms with Gasteiger partial charge in [-0.25, -0.2) is 0 Å². The van der Waals surface area contributed by atoms with E-state index in [1.165, 1.54) is 38.9 Å². The van der Waals surface area contributed by atoms with Crippen molar-refractivity contribution in [1.82, 2.24) is 10.2 Å². The maximum absolute atomic E-state index is 3.47. The van der Waals surface area contributed by atoms with E-state index >= 15 is 0 Å². The smallest absolute Gasteiger partial charge is 0.0107 e. The maximum atomic E-state index is 3.47. The lowest BCUT2D eigenvalue weighted by molar-refractivity contribution is 0.275. The van der Waals surface area contributed by atoms with E-state index in [4.69, 9.17) is 0 Å². The second kappa shape index (κ2) is 6.41. The van der Waals surface area contributed by atoms with Crippen LogP contribution < -0.4 is 5.32 Å². The summed E-state index contributed by atoms with van der Waals surface area (Å²) in [6.45, 7) is 11.5. The van der Waals surface area contributed by atoms with E-state index in [0.29, 0.717) is 6.04 Å². The van der Waals surface area contributed by atoms with E-state index < -0.39 is 0 Å². The Labute approximate surface area is 89.1 Å². The third-order valence-electron chi connectivity index (χ3n) is 2.98. The molecule has 1 saturated carbocycles. The van der Waals surface area contributed by atoms with Gasteiger partial charge in [-0.3, -0.25) is 0 Å². The molecule has 1 rings (SSSR count). The van der Waals surface area contributed by atoms with Gasteiger partial charge in [0, 0.05) is 19.1 Å². The second-order valence-corrected chi connectivity index (χ2v) is 4.78. The Kier molecular flexibility index (Phi) is 5.49. The predicted octanol–water partition coefficient (Wildman–Crippen LogP) is 2.11. The quantitative estimate of drug-likeness (QED) is 0.642. The van der Waals surface area contributed by atoms with E-state index in [1.54, 1.807) is 0 Å². The third kappa shape index (κ3) is 5.61. The van der Waals surface area contributed by atoms with Crippen LogP contribution in [0.25, 0.3) is 0 Å². The molecule has 0 saturated heterocycles. The summed E-state index contributed by atoms with van der Waals surface area (Å²) in [6, 6.07) is 0.622. The largest absolute Gasteiger partial charge is 0.313 e. The van der Waals surface area contributed by atoms with Gasteiger partial charge in [-0.2, -0.15) is 0 Å². The summed E-state index contributed by atoms with van der Waals surface area (Å²) in [4.78, 5) is 2.56. The molecular formula is C12H26N2. The molecule has 0 aromatic rings. The van der Waals surface area contributed by atoms with Crippen LogP contribution in [0, 0.1) is 5.92 Å². The van der Waals surface area contributed by atoms with Gasteiger partial charge in [-0.1, -0.05) is 33.6 Å². The van der Waals surface area contributed by atoms with Crippen LogP contribution in [0.4, 0.5) is 0 Å². The van der Waals surface area contributed by atoms with Crippen molar-refractivity contribution in [2.75, 3.05) is 26.2 Å². The first-order valence-electron chi connectivity index (χ1n) is 6.18. The van der Waals surface area contributed by atoms with Crippen LogP contribution in [0.2, 0.25) is 0 Å². The van der Waals surface area contributed by atoms with Crippen LogP contribution >= 0.6 is 0 Å². The molecule has 0 aliphatic heterocycles. The van der Waals surface area contributed by atoms with Gasteiger partial charge >= 0.3 is 0 Å². The molecule has 0 amide bonds. The van der Waals surface area contributed by atoms with Crippen molar-refractivity contribution in [3.8, 4) is 0 Å². The first-order chi connectivity index (χ1) is 6.72. The number of nitrogens with one attached hydrogen (secondary N) is 1. The summed E-state index contributed by atoms with van der Waals surface area (Å²) in [7, 11) is 0. The van der Waals surface area contributed by atoms with Gasteiger partial charge in [-0.05, 0) is 25.4 Å². The molecule has 0 heterocycles. The van der Waals surface area contributed by atoms with E-state index in [2.05, 4.69) is 31.0 Å². The molecule has 14 heavy (non-hydrogen) atoms. The van der Waals surface area contributed by atoms with Crippen LogP contribution in [0.5, 0.6) is 0 Å². The monoisotopic (exact) mass is 198 g/mol. The van der Waals surface area contributed by atoms with Crippen molar-refractivity contribution < 1.29 is 0 Å². The fourth-order valence-corrected chi connectivity index (χ4v) is 1.71. The molecule has 0 aromatic heterocycles. The average Bonchev–Trinajstić information content (AvgIpc) is 2.94. The number of rotatable bonds is 8. The summed E-state index contributed by atoms with van der Waals surface area (Å²) in [5, 5.41) is 3.47. The molecule has 0 atom stereocenters. The van der Waals surface area contributed by atoms with E-state index in [-0.39, 0.29) is 0 Å². The first kappa shape index (κ1) is 12.0. The van der Waals surface area contributed by atoms with Crippen molar-refractivity contribution in [1.29, 1.82) is 0 Å². The number of hydrogen-bond donors (Lipinski definition) is 1. The Balaban J connectivity index is 1.98. The Morgan fingerprint density at radius 2 is 2.00 bits per heavy atom. The van der Waals surface area contributed by atoms with Crippen molar-refractivity contribution in [2.24, 2.45) is 5.92 Å². The summed E-state index contributed by atoms with van der Waals surface area (Å²) in [6.07, 6.45) is 4.40. The molecule has 1 N–H and O–H groups in total. The maximum Gasteiger partial charge on any atom is 0.0107 e. The van der Waals surface area contributed by atoms with Gasteiger partial charge in [0.25, 0.3) is 0 Å². The number of likely N-dealkylation sites (N-methyl/N-ethyl adjacent to an activating group) is 1. The molecule has 1 aliphatic carbocycles. The van der Waals surface area contributed by atoms with Crippen LogP contribution in [-0.2, 0) is 0 Å². The molecule has 1 aliphatic rings. The molecule has 0 unspecified atom stereocenters. The Morgan fingerprint density at radius 3 is 2.50 bits per heavy atom. The van der Waals surface area contributed by atoms with E-state index in [1.807, 2.05) is 0 Å². The molecule has 84 valence electrons. The summed E-state index contributed by atoms with van der Waals surface area (Å²) in [5.41, 5.74) is 0. The van der Waals surface area contributed by atoms with Gasteiger partial charge in [-0.15, -0.1) is 0 Å². The number of nitrogens with zero attached hydrogens (tertiary/aromatic N) is 1. The summed E-state index contributed by atoms with van der Waals surface area (Å²) < 4.78 is 0. The van der Waals surface area contributed by atoms with Crippen molar-refractivity contribution in [3.63, 3.8) is 0 Å². The zero-order valence-corrected chi connectivity index (χ0v) is 10.1. The zero-order chi connectivity index (χ0) is 10.4. The van der Waals surface area contributed by atoms with Gasteiger partial charge in [0.05, 0.1) is 0 Å². The van der Waals surface area contributed by atoms with Crippen molar-refractivity contribution >= 4 is 0 Å². The normalized spacial score (nSPS) is 16.9. The minimum absolute atomic E-state index is 0.622. The van der Waals surface area contributed by atoms with Crippen LogP contribution in [-0.4, -0.2) is 37.1 Å². The Hall–Kier alpha value is -0.0800. The lowest BCUT2D eigenvalue weighted by Gasteiger charge is -2.21. The van der Waals surface area contributed by atoms with Crippen LogP contribution in [0.3, 0.4) is 0 Å². The average molecular weight is 198 g/mol. The predicted molar refractivity (Wildman–Crippen MR) is 62.6 cm³/mol. The lowest BCUT2D eigenvalue weighted by atomic mass is 10.2. The molecule has 2 heteroatoms. The van der Waals surface area contributed by atoms with Gasteiger partial charge in [0.1, 0.15) is 0 Å². The lowest BCUT2D eigenvalue weighted by Crippen LogP contribution is -2.35. The van der Waals surface area contributed by atoms with Gasteiger partial charge < -0.3 is 10.2 Å². The highest BCUT2D eigenvalue weighted by Crippen LogP contribution is 2.32. The standard InChI is InChI=1S/C12H26N2/c1-4-14(9-7-12-5-6-12)10-8-13-11(2)3/h11-13H,4-10H2,1-3H3. The molecule has 0 aromatic carbocycles. The zero-order valence-electron chi connectivity index (χ0n) is 10.1. The summed E-state index contributed by atoms with van der Waals surface area (Å²) in [5.74, 6) is 1.07. The Morgan fingerprint density at radius 1 is 1.29 bits per heavy atom. The van der Waals surface area contributed by atoms with E-state index in [0.717, 1.165) is 12.5 Å². The number of hydrogen-bond acceptors (Lipinski definition) is 2. The Bertz CT molecular complexity index is 141. The molecular weight excluding hydrogens is 172 g/mol. The highest BCUT2D eigenvalue weighted by atomic mass is 15.1. The minimum atomic E-state index is 0.622. The van der Waals surface area contributed by atoms with Crippen molar-refractivity contribution in [3.05, 3.63) is 0 Å². The van der Waals surface area contributed by atoms with Crippen molar-refractivity contribution in [2.45, 2.75) is 46.1 Å². The van der Waals surface area contributed by atoms with Gasteiger partial charge in [0.2, 0.25) is 0 Å². The topological polar surface area (TPSA) is 15.3 Å². The highest BCUT2D eigenvalue weighted by Gasteiger charge is 2.21. The van der Waals surface area contributed by atoms with Crippen LogP contribution in [0.15, 0.2) is 0 Å².